The number of hydrogen-bond donors (Lipinski definition) is 1. The van der Waals surface area contributed by atoms with Gasteiger partial charge >= 0.3 is 24.5 Å². The number of rotatable bonds is 7. The number of nitrogens with zero attached hydrogens (tertiary/aromatic N) is 2. The van der Waals surface area contributed by atoms with Gasteiger partial charge in [-0.2, -0.15) is 30.0 Å². The Bertz CT molecular complexity index is 1220. The van der Waals surface area contributed by atoms with Crippen molar-refractivity contribution >= 4 is 46.8 Å². The third-order valence-corrected chi connectivity index (χ3v) is 6.37. The Morgan fingerprint density at radius 3 is 2.32 bits per heavy atom. The van der Waals surface area contributed by atoms with E-state index >= 15 is 0 Å². The highest BCUT2D eigenvalue weighted by atomic mass is 35.5. The molecule has 1 aliphatic heterocycles. The molecule has 7 nitrogen and oxygen atoms in total. The summed E-state index contributed by atoms with van der Waals surface area (Å²) in [4.78, 5) is 26.1. The predicted molar refractivity (Wildman–Crippen MR) is 129 cm³/mol. The molecule has 2 aromatic rings. The fourth-order valence-electron chi connectivity index (χ4n) is 3.70. The summed E-state index contributed by atoms with van der Waals surface area (Å²) in [5, 5.41) is 6.96. The van der Waals surface area contributed by atoms with Gasteiger partial charge in [-0.25, -0.2) is 9.80 Å². The van der Waals surface area contributed by atoms with Crippen LogP contribution in [0.1, 0.15) is 18.1 Å². The minimum Gasteiger partial charge on any atom is -0.465 e. The van der Waals surface area contributed by atoms with Crippen molar-refractivity contribution in [3.63, 3.8) is 0 Å². The van der Waals surface area contributed by atoms with Gasteiger partial charge in [0.25, 0.3) is 0 Å². The van der Waals surface area contributed by atoms with Crippen LogP contribution in [0.5, 0.6) is 5.75 Å². The molecule has 1 atom stereocenters. The number of carbonyl (C=O) groups excluding carboxylic acids is 2. The van der Waals surface area contributed by atoms with Gasteiger partial charge in [-0.15, -0.1) is 13.2 Å². The van der Waals surface area contributed by atoms with Gasteiger partial charge in [-0.05, 0) is 49.6 Å². The summed E-state index contributed by atoms with van der Waals surface area (Å²) in [6.45, 7) is 1.25. The monoisotopic (exact) mass is 583 g/mol. The second-order valence-electron chi connectivity index (χ2n) is 7.94. The standard InChI is InChI=1S/C23H20ClF6N3O4S/c1-3-36-19(34)21(12-38-2)11-33(20(35)31-14-5-7-15(8-6-14)37-23(28,29)30)32-18(21)13-4-9-16(17(24)10-13)22(25,26)27/h4-10H,3,11-12H2,1-2H3,(H,31,35). The van der Waals surface area contributed by atoms with Gasteiger partial charge in [0.2, 0.25) is 0 Å². The van der Waals surface area contributed by atoms with E-state index in [1.807, 2.05) is 0 Å². The maximum Gasteiger partial charge on any atom is 0.573 e. The number of nitrogens with one attached hydrogen (secondary N) is 1. The number of alkyl halides is 6. The second kappa shape index (κ2) is 11.3. The smallest absolute Gasteiger partial charge is 0.465 e. The van der Waals surface area contributed by atoms with Crippen molar-refractivity contribution in [1.29, 1.82) is 0 Å². The van der Waals surface area contributed by atoms with E-state index in [-0.39, 0.29) is 35.9 Å². The molecular weight excluding hydrogens is 564 g/mol. The third-order valence-electron chi connectivity index (χ3n) is 5.27. The number of thioether (sulfide) groups is 1. The maximum absolute atomic E-state index is 13.2. The molecule has 2 amide bonds. The predicted octanol–water partition coefficient (Wildman–Crippen LogP) is 6.42. The van der Waals surface area contributed by atoms with Crippen LogP contribution in [0.2, 0.25) is 5.02 Å². The molecular formula is C23H20ClF6N3O4S. The molecule has 15 heteroatoms. The molecule has 1 heterocycles. The van der Waals surface area contributed by atoms with E-state index in [0.717, 1.165) is 47.5 Å². The van der Waals surface area contributed by atoms with E-state index in [9.17, 15) is 35.9 Å². The van der Waals surface area contributed by atoms with Crippen LogP contribution >= 0.6 is 23.4 Å². The van der Waals surface area contributed by atoms with Crippen molar-refractivity contribution < 1.29 is 45.4 Å². The zero-order valence-corrected chi connectivity index (χ0v) is 21.3. The van der Waals surface area contributed by atoms with Gasteiger partial charge in [0, 0.05) is 17.0 Å². The summed E-state index contributed by atoms with van der Waals surface area (Å²) in [6.07, 6.45) is -7.91. The van der Waals surface area contributed by atoms with Crippen LogP contribution in [0.25, 0.3) is 0 Å². The van der Waals surface area contributed by atoms with E-state index in [1.54, 1.807) is 13.2 Å². The summed E-state index contributed by atoms with van der Waals surface area (Å²) in [6, 6.07) is 6.32. The number of urea groups is 1. The molecule has 0 fully saturated rings. The van der Waals surface area contributed by atoms with Crippen LogP contribution in [0, 0.1) is 5.41 Å². The highest BCUT2D eigenvalue weighted by molar-refractivity contribution is 7.98. The molecule has 1 unspecified atom stereocenters. The normalized spacial score (nSPS) is 17.7. The van der Waals surface area contributed by atoms with Crippen molar-refractivity contribution in [3.05, 3.63) is 58.6 Å². The molecule has 3 rings (SSSR count). The van der Waals surface area contributed by atoms with Crippen molar-refractivity contribution in [2.24, 2.45) is 10.5 Å². The summed E-state index contributed by atoms with van der Waals surface area (Å²) >= 11 is 7.12. The SMILES string of the molecule is CCOC(=O)C1(CSC)CN(C(=O)Nc2ccc(OC(F)(F)F)cc2)N=C1c1ccc(C(F)(F)F)c(Cl)c1. The maximum atomic E-state index is 13.2. The number of amides is 2. The fraction of sp³-hybridized carbons (Fsp3) is 0.348. The van der Waals surface area contributed by atoms with E-state index < -0.39 is 46.3 Å². The molecule has 38 heavy (non-hydrogen) atoms. The van der Waals surface area contributed by atoms with Gasteiger partial charge < -0.3 is 14.8 Å². The Hall–Kier alpha value is -3.13. The van der Waals surface area contributed by atoms with Gasteiger partial charge in [-0.3, -0.25) is 4.79 Å². The molecule has 1 N–H and O–H groups in total. The van der Waals surface area contributed by atoms with Crippen LogP contribution in [0.15, 0.2) is 47.6 Å². The average Bonchev–Trinajstić information content (AvgIpc) is 3.20. The average molecular weight is 584 g/mol. The minimum absolute atomic E-state index is 0.00540. The lowest BCUT2D eigenvalue weighted by atomic mass is 9.81. The first-order valence-corrected chi connectivity index (χ1v) is 12.5. The number of halogens is 7. The topological polar surface area (TPSA) is 80.2 Å². The van der Waals surface area contributed by atoms with E-state index in [2.05, 4.69) is 15.2 Å². The van der Waals surface area contributed by atoms with Gasteiger partial charge in [0.1, 0.15) is 11.2 Å². The van der Waals surface area contributed by atoms with Crippen LogP contribution in [-0.4, -0.2) is 54.2 Å². The number of hydrazone groups is 1. The molecule has 2 aromatic carbocycles. The number of carbonyl (C=O) groups is 2. The molecule has 0 bridgehead atoms. The Morgan fingerprint density at radius 2 is 1.79 bits per heavy atom. The largest absolute Gasteiger partial charge is 0.573 e. The molecule has 1 aliphatic rings. The van der Waals surface area contributed by atoms with Crippen LogP contribution in [0.3, 0.4) is 0 Å². The summed E-state index contributed by atoms with van der Waals surface area (Å²) < 4.78 is 85.8. The molecule has 0 saturated heterocycles. The Balaban J connectivity index is 1.96. The number of esters is 1. The zero-order valence-electron chi connectivity index (χ0n) is 19.7. The van der Waals surface area contributed by atoms with Crippen molar-refractivity contribution in [3.8, 4) is 5.75 Å². The van der Waals surface area contributed by atoms with Crippen LogP contribution in [-0.2, 0) is 15.7 Å². The molecule has 0 radical (unpaired) electrons. The zero-order chi connectivity index (χ0) is 28.3. The fourth-order valence-corrected chi connectivity index (χ4v) is 4.83. The lowest BCUT2D eigenvalue weighted by Crippen LogP contribution is -2.46. The van der Waals surface area contributed by atoms with E-state index in [1.165, 1.54) is 11.8 Å². The van der Waals surface area contributed by atoms with Crippen molar-refractivity contribution in [1.82, 2.24) is 5.01 Å². The summed E-state index contributed by atoms with van der Waals surface area (Å²) in [7, 11) is 0. The highest BCUT2D eigenvalue weighted by Gasteiger charge is 2.52. The first kappa shape index (κ1) is 29.4. The number of benzene rings is 2. The Morgan fingerprint density at radius 1 is 1.13 bits per heavy atom. The first-order chi connectivity index (χ1) is 17.7. The molecule has 0 saturated carbocycles. The summed E-state index contributed by atoms with van der Waals surface area (Å²) in [5.41, 5.74) is -2.47. The van der Waals surface area contributed by atoms with Crippen molar-refractivity contribution in [2.75, 3.05) is 30.5 Å². The number of anilines is 1. The molecule has 0 aromatic heterocycles. The van der Waals surface area contributed by atoms with Gasteiger partial charge in [0.05, 0.1) is 29.4 Å². The Kier molecular flexibility index (Phi) is 8.76. The van der Waals surface area contributed by atoms with Crippen molar-refractivity contribution in [2.45, 2.75) is 19.5 Å². The van der Waals surface area contributed by atoms with Crippen LogP contribution < -0.4 is 10.1 Å². The van der Waals surface area contributed by atoms with E-state index in [0.29, 0.717) is 0 Å². The van der Waals surface area contributed by atoms with Gasteiger partial charge in [0.15, 0.2) is 0 Å². The van der Waals surface area contributed by atoms with E-state index in [4.69, 9.17) is 16.3 Å². The Labute approximate surface area is 222 Å². The molecule has 0 aliphatic carbocycles. The van der Waals surface area contributed by atoms with Gasteiger partial charge in [-0.1, -0.05) is 17.7 Å². The quantitative estimate of drug-likeness (QED) is 0.300. The van der Waals surface area contributed by atoms with Crippen LogP contribution in [0.4, 0.5) is 36.8 Å². The minimum atomic E-state index is -4.89. The lowest BCUT2D eigenvalue weighted by Gasteiger charge is -2.28. The first-order valence-electron chi connectivity index (χ1n) is 10.8. The number of ether oxygens (including phenoxy) is 2. The number of hydrogen-bond acceptors (Lipinski definition) is 6. The molecule has 0 spiro atoms. The molecule has 206 valence electrons. The summed E-state index contributed by atoms with van der Waals surface area (Å²) in [5.74, 6) is -1.18. The highest BCUT2D eigenvalue weighted by Crippen LogP contribution is 2.40. The third kappa shape index (κ3) is 6.65. The second-order valence-corrected chi connectivity index (χ2v) is 9.21. The lowest BCUT2D eigenvalue weighted by molar-refractivity contribution is -0.274.